The van der Waals surface area contributed by atoms with Crippen molar-refractivity contribution in [2.75, 3.05) is 26.7 Å². The van der Waals surface area contributed by atoms with Gasteiger partial charge in [-0.2, -0.15) is 0 Å². The summed E-state index contributed by atoms with van der Waals surface area (Å²) in [6.07, 6.45) is 13.4. The van der Waals surface area contributed by atoms with Crippen LogP contribution in [0.1, 0.15) is 53.8 Å². The highest BCUT2D eigenvalue weighted by molar-refractivity contribution is 7.12. The lowest BCUT2D eigenvalue weighted by Crippen LogP contribution is -2.39. The average Bonchev–Trinajstić information content (AvgIpc) is 2.99. The van der Waals surface area contributed by atoms with Crippen LogP contribution in [0.2, 0.25) is 0 Å². The SMILES string of the molecule is C[C@H]1CC[C@H](C2=Cc3cc(C4CCN(C)CC4)sc3[C+]=C2)NC1. The zero-order chi connectivity index (χ0) is 15.8. The molecule has 122 valence electrons. The number of nitrogens with zero attached hydrogens (tertiary/aromatic N) is 1. The van der Waals surface area contributed by atoms with Crippen LogP contribution in [0.15, 0.2) is 17.7 Å². The van der Waals surface area contributed by atoms with Gasteiger partial charge in [0, 0.05) is 10.9 Å². The highest BCUT2D eigenvalue weighted by Crippen LogP contribution is 2.38. The fourth-order valence-corrected chi connectivity index (χ4v) is 5.17. The van der Waals surface area contributed by atoms with Crippen molar-refractivity contribution in [3.8, 4) is 0 Å². The number of thiophene rings is 1. The predicted molar refractivity (Wildman–Crippen MR) is 98.9 cm³/mol. The standard InChI is InChI=1S/C20H27N2S/c1-14-3-5-18(21-13-14)16-4-6-19-17(11-16)12-20(23-19)15-7-9-22(2)10-8-15/h4,11-12,14-15,18,21H,3,5,7-10,13H2,1-2H3/q+1/t14-,18+/m0/s1. The Kier molecular flexibility index (Phi) is 4.38. The minimum absolute atomic E-state index is 0.526. The molecule has 2 atom stereocenters. The second-order valence-electron chi connectivity index (χ2n) is 7.59. The Hall–Kier alpha value is -0.990. The largest absolute Gasteiger partial charge is 0.306 e. The van der Waals surface area contributed by atoms with Crippen LogP contribution in [0.4, 0.5) is 0 Å². The van der Waals surface area contributed by atoms with E-state index in [1.165, 1.54) is 54.8 Å². The molecular weight excluding hydrogens is 300 g/mol. The first kappa shape index (κ1) is 15.5. The van der Waals surface area contributed by atoms with Crippen LogP contribution in [-0.2, 0) is 0 Å². The smallest absolute Gasteiger partial charge is 0.199 e. The summed E-state index contributed by atoms with van der Waals surface area (Å²) in [5.74, 6) is 1.57. The van der Waals surface area contributed by atoms with Crippen LogP contribution in [0, 0.1) is 12.0 Å². The van der Waals surface area contributed by atoms with Crippen molar-refractivity contribution in [2.45, 2.75) is 44.6 Å². The molecule has 4 rings (SSSR count). The van der Waals surface area contributed by atoms with Gasteiger partial charge in [-0.15, -0.1) is 11.3 Å². The van der Waals surface area contributed by atoms with Crippen LogP contribution in [0.5, 0.6) is 0 Å². The molecule has 0 spiro atoms. The summed E-state index contributed by atoms with van der Waals surface area (Å²) >= 11 is 1.97. The third-order valence-corrected chi connectivity index (χ3v) is 6.90. The highest BCUT2D eigenvalue weighted by Gasteiger charge is 2.29. The van der Waals surface area contributed by atoms with Gasteiger partial charge in [-0.05, 0) is 64.2 Å². The molecule has 1 aromatic heterocycles. The van der Waals surface area contributed by atoms with Gasteiger partial charge in [-0.25, -0.2) is 0 Å². The topological polar surface area (TPSA) is 15.3 Å². The minimum Gasteiger partial charge on any atom is -0.306 e. The van der Waals surface area contributed by atoms with Gasteiger partial charge in [0.2, 0.25) is 0 Å². The van der Waals surface area contributed by atoms with Crippen LogP contribution in [-0.4, -0.2) is 37.6 Å². The Morgan fingerprint density at radius 3 is 2.78 bits per heavy atom. The number of fused-ring (bicyclic) bond motifs is 1. The molecule has 0 saturated carbocycles. The van der Waals surface area contributed by atoms with Gasteiger partial charge < -0.3 is 4.90 Å². The van der Waals surface area contributed by atoms with Gasteiger partial charge in [-0.3, -0.25) is 5.32 Å². The fraction of sp³-hybridized carbons (Fsp3) is 0.600. The number of hydrogen-bond acceptors (Lipinski definition) is 3. The predicted octanol–water partition coefficient (Wildman–Crippen LogP) is 4.05. The minimum atomic E-state index is 0.526. The van der Waals surface area contributed by atoms with Crippen molar-refractivity contribution in [1.82, 2.24) is 10.2 Å². The second-order valence-corrected chi connectivity index (χ2v) is 8.67. The van der Waals surface area contributed by atoms with Crippen LogP contribution >= 0.6 is 11.3 Å². The van der Waals surface area contributed by atoms with Crippen LogP contribution < -0.4 is 5.32 Å². The molecule has 0 unspecified atom stereocenters. The number of piperidine rings is 2. The Bertz CT molecular complexity index is 612. The molecule has 1 aromatic rings. The van der Waals surface area contributed by atoms with Gasteiger partial charge in [0.15, 0.2) is 4.88 Å². The van der Waals surface area contributed by atoms with Crippen LogP contribution in [0.25, 0.3) is 6.08 Å². The zero-order valence-corrected chi connectivity index (χ0v) is 15.1. The lowest BCUT2D eigenvalue weighted by Gasteiger charge is -2.27. The molecule has 0 bridgehead atoms. The van der Waals surface area contributed by atoms with E-state index in [1.807, 2.05) is 11.3 Å². The van der Waals surface area contributed by atoms with Crippen molar-refractivity contribution >= 4 is 17.4 Å². The molecule has 0 radical (unpaired) electrons. The molecular formula is C20H27N2S+. The summed E-state index contributed by atoms with van der Waals surface area (Å²) < 4.78 is 0. The van der Waals surface area contributed by atoms with Gasteiger partial charge in [-0.1, -0.05) is 6.92 Å². The van der Waals surface area contributed by atoms with E-state index in [0.29, 0.717) is 6.04 Å². The van der Waals surface area contributed by atoms with Gasteiger partial charge in [0.1, 0.15) is 11.6 Å². The maximum absolute atomic E-state index is 3.70. The Morgan fingerprint density at radius 1 is 1.22 bits per heavy atom. The first-order chi connectivity index (χ1) is 11.2. The first-order valence-corrected chi connectivity index (χ1v) is 9.87. The summed E-state index contributed by atoms with van der Waals surface area (Å²) in [7, 11) is 2.24. The molecule has 0 aromatic carbocycles. The summed E-state index contributed by atoms with van der Waals surface area (Å²) in [6.45, 7) is 5.95. The lowest BCUT2D eigenvalue weighted by atomic mass is 9.89. The summed E-state index contributed by atoms with van der Waals surface area (Å²) in [6, 6.07) is 2.97. The molecule has 2 aliphatic heterocycles. The second kappa shape index (κ2) is 6.49. The van der Waals surface area contributed by atoms with Crippen molar-refractivity contribution < 1.29 is 0 Å². The molecule has 2 nitrogen and oxygen atoms in total. The lowest BCUT2D eigenvalue weighted by molar-refractivity contribution is 0.257. The molecule has 1 aliphatic carbocycles. The van der Waals surface area contributed by atoms with Gasteiger partial charge >= 0.3 is 0 Å². The Labute approximate surface area is 144 Å². The number of nitrogens with one attached hydrogen (secondary N) is 1. The Balaban J connectivity index is 1.50. The molecule has 3 heterocycles. The molecule has 2 saturated heterocycles. The van der Waals surface area contributed by atoms with E-state index in [0.717, 1.165) is 18.4 Å². The monoisotopic (exact) mass is 327 g/mol. The van der Waals surface area contributed by atoms with E-state index in [-0.39, 0.29) is 0 Å². The maximum Gasteiger partial charge on any atom is 0.199 e. The maximum atomic E-state index is 3.70. The Morgan fingerprint density at radius 2 is 2.04 bits per heavy atom. The van der Waals surface area contributed by atoms with Gasteiger partial charge in [0.05, 0.1) is 23.8 Å². The third kappa shape index (κ3) is 3.29. The van der Waals surface area contributed by atoms with Crippen molar-refractivity contribution in [2.24, 2.45) is 5.92 Å². The van der Waals surface area contributed by atoms with E-state index < -0.39 is 0 Å². The molecule has 1 N–H and O–H groups in total. The average molecular weight is 328 g/mol. The van der Waals surface area contributed by atoms with E-state index in [2.05, 4.69) is 48.5 Å². The summed E-state index contributed by atoms with van der Waals surface area (Å²) in [4.78, 5) is 5.36. The van der Waals surface area contributed by atoms with E-state index in [9.17, 15) is 0 Å². The number of likely N-dealkylation sites (tertiary alicyclic amines) is 1. The molecule has 23 heavy (non-hydrogen) atoms. The number of hydrogen-bond donors (Lipinski definition) is 1. The molecule has 3 aliphatic rings. The van der Waals surface area contributed by atoms with Gasteiger partial charge in [0.25, 0.3) is 0 Å². The quantitative estimate of drug-likeness (QED) is 0.825. The van der Waals surface area contributed by atoms with Crippen molar-refractivity contribution in [3.63, 3.8) is 0 Å². The summed E-state index contributed by atoms with van der Waals surface area (Å²) in [5, 5.41) is 3.70. The van der Waals surface area contributed by atoms with Crippen molar-refractivity contribution in [1.29, 1.82) is 0 Å². The molecule has 2 fully saturated rings. The molecule has 0 amide bonds. The third-order valence-electron chi connectivity index (χ3n) is 5.66. The van der Waals surface area contributed by atoms with E-state index in [4.69, 9.17) is 0 Å². The molecule has 3 heteroatoms. The first-order valence-electron chi connectivity index (χ1n) is 9.06. The van der Waals surface area contributed by atoms with Crippen LogP contribution in [0.3, 0.4) is 0 Å². The van der Waals surface area contributed by atoms with E-state index in [1.54, 1.807) is 4.88 Å². The van der Waals surface area contributed by atoms with Crippen molar-refractivity contribution in [3.05, 3.63) is 39.1 Å². The fourth-order valence-electron chi connectivity index (χ4n) is 3.99. The number of rotatable bonds is 2. The van der Waals surface area contributed by atoms with E-state index >= 15 is 0 Å². The normalized spacial score (nSPS) is 29.0. The zero-order valence-electron chi connectivity index (χ0n) is 14.3. The highest BCUT2D eigenvalue weighted by atomic mass is 32.1. The summed E-state index contributed by atoms with van der Waals surface area (Å²) in [5.41, 5.74) is 2.83.